The molecule has 2 aliphatic rings. The zero-order valence-corrected chi connectivity index (χ0v) is 19.1. The van der Waals surface area contributed by atoms with Gasteiger partial charge in [-0.2, -0.15) is 5.01 Å². The minimum absolute atomic E-state index is 0.0110. The molecule has 1 heterocycles. The topological polar surface area (TPSA) is 118 Å². The molecule has 2 aromatic carbocycles. The van der Waals surface area contributed by atoms with Crippen molar-refractivity contribution >= 4 is 40.8 Å². The van der Waals surface area contributed by atoms with Gasteiger partial charge in [0.2, 0.25) is 0 Å². The number of Topliss-reactive ketones (excluding diaryl/α,β-unsaturated/α-hetero) is 1. The molecule has 2 aromatic rings. The first kappa shape index (κ1) is 23.6. The number of nitro benzene ring substituents is 1. The molecule has 1 aliphatic heterocycles. The summed E-state index contributed by atoms with van der Waals surface area (Å²) >= 11 is 5.91. The Morgan fingerprint density at radius 2 is 1.47 bits per heavy atom. The highest BCUT2D eigenvalue weighted by molar-refractivity contribution is 6.30. The third-order valence-electron chi connectivity index (χ3n) is 6.44. The van der Waals surface area contributed by atoms with E-state index in [0.717, 1.165) is 35.0 Å². The van der Waals surface area contributed by atoms with Gasteiger partial charge < -0.3 is 0 Å². The Hall–Kier alpha value is -3.59. The van der Waals surface area contributed by atoms with Gasteiger partial charge in [-0.3, -0.25) is 29.3 Å². The first-order valence-corrected chi connectivity index (χ1v) is 11.3. The van der Waals surface area contributed by atoms with E-state index in [1.165, 1.54) is 43.3 Å². The minimum Gasteiger partial charge on any atom is -0.292 e. The summed E-state index contributed by atoms with van der Waals surface area (Å²) in [5, 5.41) is 13.1. The molecule has 9 nitrogen and oxygen atoms in total. The van der Waals surface area contributed by atoms with Crippen molar-refractivity contribution in [1.82, 2.24) is 10.0 Å². The Labute approximate surface area is 200 Å². The maximum atomic E-state index is 13.6. The molecule has 10 heteroatoms. The molecule has 4 rings (SSSR count). The number of non-ortho nitro benzene ring substituents is 1. The number of hydrogen-bond donors (Lipinski definition) is 0. The van der Waals surface area contributed by atoms with Crippen LogP contribution in [0.5, 0.6) is 0 Å². The van der Waals surface area contributed by atoms with Crippen molar-refractivity contribution in [3.63, 3.8) is 0 Å². The molecule has 2 fully saturated rings. The number of benzene rings is 2. The predicted octanol–water partition coefficient (Wildman–Crippen LogP) is 4.05. The fourth-order valence-corrected chi connectivity index (χ4v) is 4.75. The van der Waals surface area contributed by atoms with Crippen molar-refractivity contribution in [2.24, 2.45) is 11.8 Å². The van der Waals surface area contributed by atoms with Crippen LogP contribution in [-0.4, -0.2) is 44.5 Å². The van der Waals surface area contributed by atoms with Gasteiger partial charge in [-0.25, -0.2) is 5.01 Å². The van der Waals surface area contributed by atoms with Crippen LogP contribution in [0.2, 0.25) is 5.02 Å². The summed E-state index contributed by atoms with van der Waals surface area (Å²) in [4.78, 5) is 63.8. The maximum absolute atomic E-state index is 13.6. The van der Waals surface area contributed by atoms with E-state index >= 15 is 0 Å². The zero-order valence-electron chi connectivity index (χ0n) is 18.3. The first-order chi connectivity index (χ1) is 16.2. The summed E-state index contributed by atoms with van der Waals surface area (Å²) < 4.78 is 0. The lowest BCUT2D eigenvalue weighted by molar-refractivity contribution is -0.384. The Kier molecular flexibility index (Phi) is 6.47. The third kappa shape index (κ3) is 4.19. The summed E-state index contributed by atoms with van der Waals surface area (Å²) in [7, 11) is 0. The number of carbonyl (C=O) groups excluding carboxylic acids is 4. The highest BCUT2D eigenvalue weighted by Crippen LogP contribution is 2.39. The molecule has 0 spiro atoms. The average molecular weight is 484 g/mol. The Bertz CT molecular complexity index is 1140. The number of halogens is 1. The number of hydrogen-bond acceptors (Lipinski definition) is 6. The Morgan fingerprint density at radius 1 is 0.971 bits per heavy atom. The molecule has 3 amide bonds. The van der Waals surface area contributed by atoms with Crippen LogP contribution in [0.15, 0.2) is 48.5 Å². The maximum Gasteiger partial charge on any atom is 0.273 e. The van der Waals surface area contributed by atoms with Gasteiger partial charge in [0.1, 0.15) is 6.04 Å². The predicted molar refractivity (Wildman–Crippen MR) is 122 cm³/mol. The lowest BCUT2D eigenvalue weighted by atomic mass is 9.81. The lowest BCUT2D eigenvalue weighted by Gasteiger charge is -2.34. The van der Waals surface area contributed by atoms with Gasteiger partial charge in [-0.05, 0) is 56.2 Å². The van der Waals surface area contributed by atoms with Crippen LogP contribution in [0.1, 0.15) is 53.3 Å². The van der Waals surface area contributed by atoms with Crippen molar-refractivity contribution in [3.05, 3.63) is 74.8 Å². The molecule has 176 valence electrons. The molecular weight excluding hydrogens is 462 g/mol. The number of hydrazine groups is 1. The number of carbonyl (C=O) groups is 4. The van der Waals surface area contributed by atoms with Gasteiger partial charge >= 0.3 is 0 Å². The van der Waals surface area contributed by atoms with Crippen molar-refractivity contribution in [2.45, 2.75) is 38.6 Å². The van der Waals surface area contributed by atoms with Crippen LogP contribution in [-0.2, 0) is 9.59 Å². The van der Waals surface area contributed by atoms with Crippen LogP contribution in [0.25, 0.3) is 0 Å². The summed E-state index contributed by atoms with van der Waals surface area (Å²) in [6.07, 6.45) is 2.71. The van der Waals surface area contributed by atoms with Crippen molar-refractivity contribution in [1.29, 1.82) is 0 Å². The third-order valence-corrected chi connectivity index (χ3v) is 6.69. The number of amides is 3. The highest BCUT2D eigenvalue weighted by atomic mass is 35.5. The van der Waals surface area contributed by atoms with Crippen molar-refractivity contribution < 1.29 is 24.1 Å². The molecule has 0 radical (unpaired) electrons. The number of imide groups is 1. The standard InChI is InChI=1S/C24H22ClN3O6/c1-14(21(29)15-6-10-17(25)11-7-15)26(22(30)16-8-12-18(13-9-16)28(33)34)27-23(31)19-4-2-3-5-20(19)24(27)32/h6-14,19-20H,2-5H2,1H3/t14-,19+,20+/m1/s1. The zero-order chi connectivity index (χ0) is 24.6. The Morgan fingerprint density at radius 3 is 1.97 bits per heavy atom. The fraction of sp³-hybridized carbons (Fsp3) is 0.333. The van der Waals surface area contributed by atoms with Gasteiger partial charge in [-0.1, -0.05) is 24.4 Å². The van der Waals surface area contributed by atoms with Gasteiger partial charge in [0.05, 0.1) is 16.8 Å². The van der Waals surface area contributed by atoms with Crippen LogP contribution < -0.4 is 0 Å². The van der Waals surface area contributed by atoms with Gasteiger partial charge in [0, 0.05) is 28.3 Å². The fourth-order valence-electron chi connectivity index (χ4n) is 4.62. The number of fused-ring (bicyclic) bond motifs is 1. The van der Waals surface area contributed by atoms with E-state index in [0.29, 0.717) is 17.9 Å². The monoisotopic (exact) mass is 483 g/mol. The second-order valence-electron chi connectivity index (χ2n) is 8.49. The molecular formula is C24H22ClN3O6. The van der Waals surface area contributed by atoms with E-state index < -0.39 is 46.3 Å². The van der Waals surface area contributed by atoms with E-state index in [1.54, 1.807) is 0 Å². The van der Waals surface area contributed by atoms with Crippen molar-refractivity contribution in [3.8, 4) is 0 Å². The molecule has 1 saturated heterocycles. The number of ketones is 1. The molecule has 3 atom stereocenters. The van der Waals surface area contributed by atoms with Gasteiger partial charge in [0.15, 0.2) is 5.78 Å². The molecule has 1 saturated carbocycles. The van der Waals surface area contributed by atoms with E-state index in [2.05, 4.69) is 0 Å². The van der Waals surface area contributed by atoms with Gasteiger partial charge in [0.25, 0.3) is 23.4 Å². The van der Waals surface area contributed by atoms with E-state index in [9.17, 15) is 29.3 Å². The average Bonchev–Trinajstić information content (AvgIpc) is 3.09. The summed E-state index contributed by atoms with van der Waals surface area (Å²) in [6.45, 7) is 1.45. The molecule has 1 aliphatic carbocycles. The molecule has 0 unspecified atom stereocenters. The number of rotatable bonds is 6. The summed E-state index contributed by atoms with van der Waals surface area (Å²) in [6, 6.07) is 9.67. The normalized spacial score (nSPS) is 20.6. The minimum atomic E-state index is -1.20. The van der Waals surface area contributed by atoms with Crippen LogP contribution in [0.4, 0.5) is 5.69 Å². The summed E-state index contributed by atoms with van der Waals surface area (Å²) in [5.41, 5.74) is 0.0551. The van der Waals surface area contributed by atoms with Crippen LogP contribution in [0.3, 0.4) is 0 Å². The van der Waals surface area contributed by atoms with E-state index in [4.69, 9.17) is 11.6 Å². The second kappa shape index (κ2) is 9.34. The smallest absolute Gasteiger partial charge is 0.273 e. The van der Waals surface area contributed by atoms with Crippen molar-refractivity contribution in [2.75, 3.05) is 0 Å². The Balaban J connectivity index is 1.74. The van der Waals surface area contributed by atoms with E-state index in [-0.39, 0.29) is 16.8 Å². The number of nitro groups is 1. The molecule has 0 bridgehead atoms. The van der Waals surface area contributed by atoms with Crippen LogP contribution in [0, 0.1) is 22.0 Å². The SMILES string of the molecule is C[C@H](C(=O)c1ccc(Cl)cc1)N(C(=O)c1ccc([N+](=O)[O-])cc1)N1C(=O)[C@H]2CCCC[C@@H]2C1=O. The quantitative estimate of drug-likeness (QED) is 0.265. The first-order valence-electron chi connectivity index (χ1n) is 11.0. The highest BCUT2D eigenvalue weighted by Gasteiger charge is 2.53. The van der Waals surface area contributed by atoms with Gasteiger partial charge in [-0.15, -0.1) is 0 Å². The second-order valence-corrected chi connectivity index (χ2v) is 8.92. The lowest BCUT2D eigenvalue weighted by Crippen LogP contribution is -2.56. The molecule has 0 aromatic heterocycles. The largest absolute Gasteiger partial charge is 0.292 e. The van der Waals surface area contributed by atoms with Crippen LogP contribution >= 0.6 is 11.6 Å². The van der Waals surface area contributed by atoms with E-state index in [1.807, 2.05) is 0 Å². The summed E-state index contributed by atoms with van der Waals surface area (Å²) in [5.74, 6) is -3.30. The number of nitrogens with zero attached hydrogens (tertiary/aromatic N) is 3. The molecule has 0 N–H and O–H groups in total. The molecule has 34 heavy (non-hydrogen) atoms.